The number of hydrogen-bond acceptors (Lipinski definition) is 2. The third-order valence-corrected chi connectivity index (χ3v) is 3.60. The standard InChI is InChI=1S/C15H10F6O2/c1-15(2,5-3-4-6(22)9(17)8(5)16)7-10(18)12(20)14(23)13(21)11(7)19/h3-4,22-23H,1-2H3. The van der Waals surface area contributed by atoms with Crippen LogP contribution in [0.5, 0.6) is 11.5 Å². The second kappa shape index (κ2) is 5.36. The van der Waals surface area contributed by atoms with E-state index in [4.69, 9.17) is 10.2 Å². The molecule has 0 aliphatic carbocycles. The van der Waals surface area contributed by atoms with Crippen LogP contribution in [0.4, 0.5) is 26.3 Å². The number of aromatic hydroxyl groups is 2. The van der Waals surface area contributed by atoms with Gasteiger partial charge in [0.2, 0.25) is 17.5 Å². The van der Waals surface area contributed by atoms with Crippen molar-refractivity contribution in [1.29, 1.82) is 0 Å². The van der Waals surface area contributed by atoms with Gasteiger partial charge >= 0.3 is 0 Å². The lowest BCUT2D eigenvalue weighted by atomic mass is 9.77. The molecule has 0 saturated heterocycles. The van der Waals surface area contributed by atoms with Crippen molar-refractivity contribution < 1.29 is 36.6 Å². The number of hydrogen-bond donors (Lipinski definition) is 2. The molecule has 0 bridgehead atoms. The van der Waals surface area contributed by atoms with Crippen LogP contribution in [0.3, 0.4) is 0 Å². The van der Waals surface area contributed by atoms with Crippen LogP contribution in [0, 0.1) is 34.9 Å². The van der Waals surface area contributed by atoms with E-state index < -0.39 is 62.9 Å². The second-order valence-electron chi connectivity index (χ2n) is 5.36. The summed E-state index contributed by atoms with van der Waals surface area (Å²) in [6.07, 6.45) is 0. The lowest BCUT2D eigenvalue weighted by Crippen LogP contribution is -2.26. The fourth-order valence-electron chi connectivity index (χ4n) is 2.33. The molecule has 0 fully saturated rings. The Kier molecular flexibility index (Phi) is 3.96. The molecule has 0 amide bonds. The fourth-order valence-corrected chi connectivity index (χ4v) is 2.33. The summed E-state index contributed by atoms with van der Waals surface area (Å²) in [4.78, 5) is 0. The molecule has 2 rings (SSSR count). The van der Waals surface area contributed by atoms with Gasteiger partial charge in [-0.05, 0) is 6.07 Å². The largest absolute Gasteiger partial charge is 0.505 e. The van der Waals surface area contributed by atoms with E-state index in [1.807, 2.05) is 0 Å². The van der Waals surface area contributed by atoms with Crippen molar-refractivity contribution in [1.82, 2.24) is 0 Å². The molecule has 2 nitrogen and oxygen atoms in total. The molecule has 0 radical (unpaired) electrons. The lowest BCUT2D eigenvalue weighted by molar-refractivity contribution is 0.340. The maximum absolute atomic E-state index is 14.0. The van der Waals surface area contributed by atoms with E-state index in [9.17, 15) is 26.3 Å². The van der Waals surface area contributed by atoms with Crippen LogP contribution in [0.25, 0.3) is 0 Å². The van der Waals surface area contributed by atoms with Gasteiger partial charge in [-0.15, -0.1) is 0 Å². The minimum absolute atomic E-state index is 0.643. The summed E-state index contributed by atoms with van der Waals surface area (Å²) < 4.78 is 82.4. The zero-order valence-corrected chi connectivity index (χ0v) is 11.8. The molecular weight excluding hydrogens is 326 g/mol. The summed E-state index contributed by atoms with van der Waals surface area (Å²) in [5.74, 6) is -14.1. The predicted octanol–water partition coefficient (Wildman–Crippen LogP) is 4.26. The highest BCUT2D eigenvalue weighted by Gasteiger charge is 2.38. The summed E-state index contributed by atoms with van der Waals surface area (Å²) in [5, 5.41) is 18.0. The Morgan fingerprint density at radius 3 is 1.65 bits per heavy atom. The van der Waals surface area contributed by atoms with E-state index in [0.29, 0.717) is 0 Å². The van der Waals surface area contributed by atoms with Gasteiger partial charge in [-0.25, -0.2) is 13.2 Å². The number of halogens is 6. The summed E-state index contributed by atoms with van der Waals surface area (Å²) in [5.41, 5.74) is -3.92. The lowest BCUT2D eigenvalue weighted by Gasteiger charge is -2.28. The molecule has 2 aromatic carbocycles. The first-order chi connectivity index (χ1) is 10.5. The molecule has 124 valence electrons. The molecule has 0 aliphatic rings. The Morgan fingerprint density at radius 1 is 0.696 bits per heavy atom. The SMILES string of the molecule is CC(C)(c1ccc(O)c(F)c1F)c1c(F)c(F)c(O)c(F)c1F. The second-order valence-corrected chi connectivity index (χ2v) is 5.36. The molecule has 0 spiro atoms. The van der Waals surface area contributed by atoms with Crippen LogP contribution in [-0.2, 0) is 5.41 Å². The quantitative estimate of drug-likeness (QED) is 0.636. The molecule has 2 N–H and O–H groups in total. The van der Waals surface area contributed by atoms with Gasteiger partial charge in [0.15, 0.2) is 29.0 Å². The minimum atomic E-state index is -2.05. The Labute approximate surface area is 126 Å². The van der Waals surface area contributed by atoms with Crippen molar-refractivity contribution in [3.05, 3.63) is 58.2 Å². The molecule has 2 aromatic rings. The van der Waals surface area contributed by atoms with E-state index in [0.717, 1.165) is 26.0 Å². The van der Waals surface area contributed by atoms with Gasteiger partial charge in [-0.3, -0.25) is 0 Å². The topological polar surface area (TPSA) is 40.5 Å². The molecule has 0 heterocycles. The highest BCUT2D eigenvalue weighted by molar-refractivity contribution is 5.45. The van der Waals surface area contributed by atoms with Crippen LogP contribution < -0.4 is 0 Å². The average Bonchev–Trinajstić information content (AvgIpc) is 2.48. The smallest absolute Gasteiger partial charge is 0.204 e. The molecule has 23 heavy (non-hydrogen) atoms. The van der Waals surface area contributed by atoms with Crippen LogP contribution in [0.15, 0.2) is 12.1 Å². The molecular formula is C15H10F6O2. The summed E-state index contributed by atoms with van der Waals surface area (Å²) in [7, 11) is 0. The molecule has 0 atom stereocenters. The van der Waals surface area contributed by atoms with Gasteiger partial charge in [-0.1, -0.05) is 19.9 Å². The fraction of sp³-hybridized carbons (Fsp3) is 0.200. The van der Waals surface area contributed by atoms with Crippen molar-refractivity contribution in [2.24, 2.45) is 0 Å². The predicted molar refractivity (Wildman–Crippen MR) is 68.1 cm³/mol. The van der Waals surface area contributed by atoms with Gasteiger partial charge in [0, 0.05) is 16.5 Å². The van der Waals surface area contributed by atoms with Crippen LogP contribution >= 0.6 is 0 Å². The highest BCUT2D eigenvalue weighted by atomic mass is 19.2. The Bertz CT molecular complexity index is 772. The minimum Gasteiger partial charge on any atom is -0.505 e. The monoisotopic (exact) mass is 336 g/mol. The zero-order valence-electron chi connectivity index (χ0n) is 11.8. The Hall–Kier alpha value is -2.38. The van der Waals surface area contributed by atoms with Crippen molar-refractivity contribution in [3.8, 4) is 11.5 Å². The number of rotatable bonds is 2. The molecule has 0 saturated carbocycles. The Balaban J connectivity index is 2.83. The third-order valence-electron chi connectivity index (χ3n) is 3.60. The van der Waals surface area contributed by atoms with Crippen LogP contribution in [0.2, 0.25) is 0 Å². The highest BCUT2D eigenvalue weighted by Crippen LogP contribution is 2.41. The first kappa shape index (κ1) is 17.0. The first-order valence-corrected chi connectivity index (χ1v) is 6.24. The van der Waals surface area contributed by atoms with Crippen LogP contribution in [-0.4, -0.2) is 10.2 Å². The molecule has 0 unspecified atom stereocenters. The molecule has 0 aromatic heterocycles. The van der Waals surface area contributed by atoms with Gasteiger partial charge in [-0.2, -0.15) is 13.2 Å². The maximum atomic E-state index is 14.0. The number of phenolic OH excluding ortho intramolecular Hbond substituents is 2. The average molecular weight is 336 g/mol. The van der Waals surface area contributed by atoms with Crippen molar-refractivity contribution in [2.45, 2.75) is 19.3 Å². The van der Waals surface area contributed by atoms with E-state index in [2.05, 4.69) is 0 Å². The van der Waals surface area contributed by atoms with Gasteiger partial charge in [0.05, 0.1) is 0 Å². The summed E-state index contributed by atoms with van der Waals surface area (Å²) >= 11 is 0. The van der Waals surface area contributed by atoms with Crippen LogP contribution in [0.1, 0.15) is 25.0 Å². The van der Waals surface area contributed by atoms with E-state index in [-0.39, 0.29) is 0 Å². The van der Waals surface area contributed by atoms with Gasteiger partial charge < -0.3 is 10.2 Å². The van der Waals surface area contributed by atoms with Gasteiger partial charge in [0.1, 0.15) is 0 Å². The third kappa shape index (κ3) is 2.38. The van der Waals surface area contributed by atoms with E-state index in [1.165, 1.54) is 0 Å². The first-order valence-electron chi connectivity index (χ1n) is 6.24. The number of benzene rings is 2. The molecule has 0 aliphatic heterocycles. The van der Waals surface area contributed by atoms with E-state index >= 15 is 0 Å². The number of phenols is 2. The summed E-state index contributed by atoms with van der Waals surface area (Å²) in [6, 6.07) is 1.56. The van der Waals surface area contributed by atoms with Crippen molar-refractivity contribution in [2.75, 3.05) is 0 Å². The van der Waals surface area contributed by atoms with Crippen molar-refractivity contribution >= 4 is 0 Å². The normalized spacial score (nSPS) is 11.8. The Morgan fingerprint density at radius 2 is 1.17 bits per heavy atom. The van der Waals surface area contributed by atoms with Crippen molar-refractivity contribution in [3.63, 3.8) is 0 Å². The summed E-state index contributed by atoms with van der Waals surface area (Å²) in [6.45, 7) is 2.00. The molecule has 8 heteroatoms. The maximum Gasteiger partial charge on any atom is 0.204 e. The zero-order chi connectivity index (χ0) is 17.7. The van der Waals surface area contributed by atoms with E-state index in [1.54, 1.807) is 0 Å². The van der Waals surface area contributed by atoms with Gasteiger partial charge in [0.25, 0.3) is 0 Å².